The molecule has 0 aliphatic carbocycles. The summed E-state index contributed by atoms with van der Waals surface area (Å²) in [5.41, 5.74) is 1.25. The van der Waals surface area contributed by atoms with Crippen molar-refractivity contribution in [1.29, 1.82) is 0 Å². The topological polar surface area (TPSA) is 66.5 Å². The third-order valence-corrected chi connectivity index (χ3v) is 7.61. The second-order valence-electron chi connectivity index (χ2n) is 6.26. The van der Waals surface area contributed by atoms with E-state index in [2.05, 4.69) is 34.3 Å². The summed E-state index contributed by atoms with van der Waals surface area (Å²) in [6.45, 7) is 1.49. The zero-order valence-electron chi connectivity index (χ0n) is 14.1. The molecule has 1 aliphatic rings. The van der Waals surface area contributed by atoms with Crippen molar-refractivity contribution in [2.75, 3.05) is 25.9 Å². The van der Waals surface area contributed by atoms with Crippen LogP contribution in [-0.2, 0) is 21.2 Å². The highest BCUT2D eigenvalue weighted by Gasteiger charge is 2.28. The van der Waals surface area contributed by atoms with Crippen LogP contribution in [0.25, 0.3) is 10.4 Å². The number of thiophene rings is 2. The van der Waals surface area contributed by atoms with E-state index in [1.54, 1.807) is 22.7 Å². The molecule has 5 nitrogen and oxygen atoms in total. The Hall–Kier alpha value is -1.22. The minimum absolute atomic E-state index is 0.0442. The summed E-state index contributed by atoms with van der Waals surface area (Å²) >= 11 is 3.45. The first-order valence-corrected chi connectivity index (χ1v) is 11.9. The van der Waals surface area contributed by atoms with E-state index in [1.807, 2.05) is 0 Å². The van der Waals surface area contributed by atoms with Gasteiger partial charge in [0.15, 0.2) is 0 Å². The van der Waals surface area contributed by atoms with Crippen LogP contribution in [0.2, 0.25) is 0 Å². The summed E-state index contributed by atoms with van der Waals surface area (Å²) in [7, 11) is -3.14. The summed E-state index contributed by atoms with van der Waals surface area (Å²) in [6, 6.07) is 6.37. The Kier molecular flexibility index (Phi) is 5.93. The fourth-order valence-electron chi connectivity index (χ4n) is 2.97. The van der Waals surface area contributed by atoms with Crippen molar-refractivity contribution in [2.24, 2.45) is 5.92 Å². The minimum atomic E-state index is -3.14. The molecule has 2 aromatic heterocycles. The lowest BCUT2D eigenvalue weighted by atomic mass is 9.97. The molecule has 0 unspecified atom stereocenters. The predicted octanol–water partition coefficient (Wildman–Crippen LogP) is 2.81. The van der Waals surface area contributed by atoms with Gasteiger partial charge in [0, 0.05) is 40.9 Å². The molecule has 0 bridgehead atoms. The van der Waals surface area contributed by atoms with Crippen LogP contribution in [0, 0.1) is 5.92 Å². The van der Waals surface area contributed by atoms with Gasteiger partial charge in [-0.2, -0.15) is 11.3 Å². The molecular weight excluding hydrogens is 376 g/mol. The van der Waals surface area contributed by atoms with Gasteiger partial charge < -0.3 is 5.32 Å². The molecule has 25 heavy (non-hydrogen) atoms. The molecule has 1 N–H and O–H groups in total. The normalized spacial score (nSPS) is 16.8. The van der Waals surface area contributed by atoms with Crippen molar-refractivity contribution in [3.63, 3.8) is 0 Å². The second-order valence-corrected chi connectivity index (χ2v) is 10.2. The third-order valence-electron chi connectivity index (χ3n) is 4.43. The molecule has 1 saturated heterocycles. The van der Waals surface area contributed by atoms with E-state index < -0.39 is 10.0 Å². The monoisotopic (exact) mass is 398 g/mol. The van der Waals surface area contributed by atoms with Crippen molar-refractivity contribution < 1.29 is 13.2 Å². The van der Waals surface area contributed by atoms with Crippen molar-refractivity contribution in [3.8, 4) is 10.4 Å². The molecule has 0 spiro atoms. The van der Waals surface area contributed by atoms with E-state index in [0.29, 0.717) is 32.5 Å². The van der Waals surface area contributed by atoms with Crippen LogP contribution < -0.4 is 5.32 Å². The molecule has 1 amide bonds. The van der Waals surface area contributed by atoms with Crippen LogP contribution >= 0.6 is 22.7 Å². The van der Waals surface area contributed by atoms with E-state index in [1.165, 1.54) is 25.9 Å². The highest BCUT2D eigenvalue weighted by molar-refractivity contribution is 7.88. The van der Waals surface area contributed by atoms with Crippen LogP contribution in [0.5, 0.6) is 0 Å². The van der Waals surface area contributed by atoms with Crippen molar-refractivity contribution in [1.82, 2.24) is 9.62 Å². The summed E-state index contributed by atoms with van der Waals surface area (Å²) in [4.78, 5) is 14.8. The predicted molar refractivity (Wildman–Crippen MR) is 103 cm³/mol. The standard InChI is InChI=1S/C17H22N2O3S3/c1-25(21,22)19-9-5-13(6-10-19)17(20)18-8-4-15-2-3-16(24-15)14-7-11-23-12-14/h2-3,7,11-13H,4-6,8-10H2,1H3,(H,18,20). The van der Waals surface area contributed by atoms with Gasteiger partial charge >= 0.3 is 0 Å². The lowest BCUT2D eigenvalue weighted by Gasteiger charge is -2.29. The number of amides is 1. The van der Waals surface area contributed by atoms with Gasteiger partial charge in [0.2, 0.25) is 15.9 Å². The average Bonchev–Trinajstić information content (AvgIpc) is 3.25. The van der Waals surface area contributed by atoms with Crippen molar-refractivity contribution in [3.05, 3.63) is 33.8 Å². The average molecular weight is 399 g/mol. The second kappa shape index (κ2) is 7.99. The Labute approximate surface area is 156 Å². The molecular formula is C17H22N2O3S3. The first kappa shape index (κ1) is 18.6. The van der Waals surface area contributed by atoms with Crippen LogP contribution in [-0.4, -0.2) is 44.5 Å². The van der Waals surface area contributed by atoms with Gasteiger partial charge in [0.1, 0.15) is 0 Å². The smallest absolute Gasteiger partial charge is 0.223 e. The number of sulfonamides is 1. The van der Waals surface area contributed by atoms with Gasteiger partial charge in [0.25, 0.3) is 0 Å². The Bertz CT molecular complexity index is 804. The van der Waals surface area contributed by atoms with Gasteiger partial charge in [-0.05, 0) is 48.2 Å². The largest absolute Gasteiger partial charge is 0.355 e. The first-order valence-electron chi connectivity index (χ1n) is 8.27. The number of hydrogen-bond donors (Lipinski definition) is 1. The Balaban J connectivity index is 1.43. The number of rotatable bonds is 6. The van der Waals surface area contributed by atoms with Gasteiger partial charge in [0.05, 0.1) is 6.26 Å². The molecule has 136 valence electrons. The van der Waals surface area contributed by atoms with Crippen molar-refractivity contribution in [2.45, 2.75) is 19.3 Å². The van der Waals surface area contributed by atoms with Crippen LogP contribution in [0.1, 0.15) is 17.7 Å². The maximum atomic E-state index is 12.3. The Morgan fingerprint density at radius 2 is 2.04 bits per heavy atom. The fraction of sp³-hybridized carbons (Fsp3) is 0.471. The number of nitrogens with zero attached hydrogens (tertiary/aromatic N) is 1. The number of carbonyl (C=O) groups excluding carboxylic acids is 1. The lowest BCUT2D eigenvalue weighted by molar-refractivity contribution is -0.126. The molecule has 3 rings (SSSR count). The van der Waals surface area contributed by atoms with E-state index >= 15 is 0 Å². The minimum Gasteiger partial charge on any atom is -0.355 e. The highest BCUT2D eigenvalue weighted by Crippen LogP contribution is 2.29. The van der Waals surface area contributed by atoms with Gasteiger partial charge in [-0.3, -0.25) is 4.79 Å². The van der Waals surface area contributed by atoms with Gasteiger partial charge in [-0.25, -0.2) is 12.7 Å². The third kappa shape index (κ3) is 4.91. The molecule has 3 heterocycles. The zero-order valence-corrected chi connectivity index (χ0v) is 16.6. The molecule has 0 aromatic carbocycles. The van der Waals surface area contributed by atoms with E-state index in [4.69, 9.17) is 0 Å². The SMILES string of the molecule is CS(=O)(=O)N1CCC(C(=O)NCCc2ccc(-c3ccsc3)s2)CC1. The van der Waals surface area contributed by atoms with Gasteiger partial charge in [-0.15, -0.1) is 11.3 Å². The number of hydrogen-bond acceptors (Lipinski definition) is 5. The summed E-state index contributed by atoms with van der Waals surface area (Å²) in [6.07, 6.45) is 3.24. The Morgan fingerprint density at radius 3 is 2.68 bits per heavy atom. The number of piperidine rings is 1. The van der Waals surface area contributed by atoms with Crippen LogP contribution in [0.15, 0.2) is 29.0 Å². The highest BCUT2D eigenvalue weighted by atomic mass is 32.2. The molecule has 1 aliphatic heterocycles. The first-order chi connectivity index (χ1) is 11.9. The maximum absolute atomic E-state index is 12.3. The molecule has 2 aromatic rings. The van der Waals surface area contributed by atoms with Gasteiger partial charge in [-0.1, -0.05) is 0 Å². The van der Waals surface area contributed by atoms with Crippen LogP contribution in [0.3, 0.4) is 0 Å². The summed E-state index contributed by atoms with van der Waals surface area (Å²) in [5.74, 6) is -0.0366. The van der Waals surface area contributed by atoms with E-state index in [9.17, 15) is 13.2 Å². The lowest BCUT2D eigenvalue weighted by Crippen LogP contribution is -2.42. The van der Waals surface area contributed by atoms with Crippen molar-refractivity contribution >= 4 is 38.6 Å². The molecule has 0 atom stereocenters. The molecule has 1 fully saturated rings. The van der Waals surface area contributed by atoms with E-state index in [-0.39, 0.29) is 11.8 Å². The Morgan fingerprint density at radius 1 is 1.28 bits per heavy atom. The molecule has 0 radical (unpaired) electrons. The fourth-order valence-corrected chi connectivity index (χ4v) is 5.58. The zero-order chi connectivity index (χ0) is 17.9. The maximum Gasteiger partial charge on any atom is 0.223 e. The number of nitrogens with one attached hydrogen (secondary N) is 1. The van der Waals surface area contributed by atoms with E-state index in [0.717, 1.165) is 6.42 Å². The molecule has 0 saturated carbocycles. The number of carbonyl (C=O) groups is 1. The molecule has 8 heteroatoms. The summed E-state index contributed by atoms with van der Waals surface area (Å²) in [5, 5.41) is 7.21. The quantitative estimate of drug-likeness (QED) is 0.814. The van der Waals surface area contributed by atoms with Crippen LogP contribution in [0.4, 0.5) is 0 Å². The summed E-state index contributed by atoms with van der Waals surface area (Å²) < 4.78 is 24.5.